The molecule has 1 atom stereocenters. The molecule has 7 heteroatoms. The van der Waals surface area contributed by atoms with Crippen molar-refractivity contribution in [1.29, 1.82) is 0 Å². The van der Waals surface area contributed by atoms with Crippen LogP contribution >= 0.6 is 0 Å². The topological polar surface area (TPSA) is 45.7 Å². The zero-order valence-corrected chi connectivity index (χ0v) is 14.7. The minimum absolute atomic E-state index is 0.00977. The highest BCUT2D eigenvalue weighted by Crippen LogP contribution is 2.21. The fourth-order valence-electron chi connectivity index (χ4n) is 3.12. The first-order valence-electron chi connectivity index (χ1n) is 8.48. The van der Waals surface area contributed by atoms with Crippen LogP contribution in [0.1, 0.15) is 23.0 Å². The summed E-state index contributed by atoms with van der Waals surface area (Å²) in [5, 5.41) is 0. The number of rotatable bonds is 4. The number of aryl methyl sites for hydroxylation is 1. The molecule has 1 unspecified atom stereocenters. The van der Waals surface area contributed by atoms with Crippen LogP contribution in [-0.2, 0) is 0 Å². The van der Waals surface area contributed by atoms with Gasteiger partial charge in [0, 0.05) is 36.9 Å². The third kappa shape index (κ3) is 4.09. The van der Waals surface area contributed by atoms with Gasteiger partial charge in [-0.05, 0) is 50.2 Å². The molecule has 0 spiro atoms. The summed E-state index contributed by atoms with van der Waals surface area (Å²) in [6.07, 6.45) is 0. The van der Waals surface area contributed by atoms with E-state index in [1.54, 1.807) is 4.90 Å². The predicted octanol–water partition coefficient (Wildman–Crippen LogP) is 3.34. The number of carbonyl (C=O) groups is 1. The van der Waals surface area contributed by atoms with E-state index in [0.717, 1.165) is 11.5 Å². The molecule has 1 aliphatic heterocycles. The van der Waals surface area contributed by atoms with E-state index in [2.05, 4.69) is 14.6 Å². The molecule has 0 N–H and O–H groups in total. The Kier molecular flexibility index (Phi) is 5.35. The minimum atomic E-state index is -2.88. The standard InChI is InChI=1S/C19H21F2N3O2/c1-13-4-3-5-17(22-13)23-10-11-24(14(2)12-23)18(25)15-6-8-16(9-7-15)26-19(20)21/h3-9,14,19H,10-12H2,1-2H3. The van der Waals surface area contributed by atoms with Crippen LogP contribution in [0.2, 0.25) is 0 Å². The number of nitrogens with zero attached hydrogens (tertiary/aromatic N) is 3. The van der Waals surface area contributed by atoms with Crippen LogP contribution in [-0.4, -0.2) is 48.1 Å². The lowest BCUT2D eigenvalue weighted by atomic mass is 10.1. The zero-order valence-electron chi connectivity index (χ0n) is 14.7. The van der Waals surface area contributed by atoms with Gasteiger partial charge in [-0.3, -0.25) is 4.79 Å². The molecule has 5 nitrogen and oxygen atoms in total. The number of hydrogen-bond acceptors (Lipinski definition) is 4. The van der Waals surface area contributed by atoms with E-state index in [4.69, 9.17) is 0 Å². The first-order chi connectivity index (χ1) is 12.4. The van der Waals surface area contributed by atoms with Gasteiger partial charge >= 0.3 is 6.61 Å². The molecule has 2 heterocycles. The van der Waals surface area contributed by atoms with E-state index >= 15 is 0 Å². The smallest absolute Gasteiger partial charge is 0.387 e. The molecular weight excluding hydrogens is 340 g/mol. The van der Waals surface area contributed by atoms with E-state index in [1.807, 2.05) is 32.0 Å². The SMILES string of the molecule is Cc1cccc(N2CCN(C(=O)c3ccc(OC(F)F)cc3)C(C)C2)n1. The van der Waals surface area contributed by atoms with Crippen LogP contribution in [0, 0.1) is 6.92 Å². The fourth-order valence-corrected chi connectivity index (χ4v) is 3.12. The van der Waals surface area contributed by atoms with Gasteiger partial charge in [0.05, 0.1) is 0 Å². The Balaban J connectivity index is 1.66. The largest absolute Gasteiger partial charge is 0.435 e. The Morgan fingerprint density at radius 3 is 2.54 bits per heavy atom. The summed E-state index contributed by atoms with van der Waals surface area (Å²) in [6.45, 7) is 3.03. The molecule has 138 valence electrons. The molecule has 3 rings (SSSR count). The number of ether oxygens (including phenoxy) is 1. The van der Waals surface area contributed by atoms with Crippen LogP contribution < -0.4 is 9.64 Å². The Morgan fingerprint density at radius 1 is 1.19 bits per heavy atom. The van der Waals surface area contributed by atoms with E-state index in [9.17, 15) is 13.6 Å². The highest BCUT2D eigenvalue weighted by molar-refractivity contribution is 5.94. The quantitative estimate of drug-likeness (QED) is 0.838. The number of pyridine rings is 1. The molecule has 0 saturated carbocycles. The van der Waals surface area contributed by atoms with Gasteiger partial charge in [0.25, 0.3) is 5.91 Å². The lowest BCUT2D eigenvalue weighted by molar-refractivity contribution is -0.0498. The molecule has 0 bridgehead atoms. The van der Waals surface area contributed by atoms with E-state index in [1.165, 1.54) is 24.3 Å². The van der Waals surface area contributed by atoms with Gasteiger partial charge in [0.1, 0.15) is 11.6 Å². The predicted molar refractivity (Wildman–Crippen MR) is 94.8 cm³/mol. The summed E-state index contributed by atoms with van der Waals surface area (Å²) >= 11 is 0. The number of halogens is 2. The van der Waals surface area contributed by atoms with E-state index in [-0.39, 0.29) is 17.7 Å². The number of carbonyl (C=O) groups excluding carboxylic acids is 1. The van der Waals surface area contributed by atoms with Gasteiger partial charge in [0.15, 0.2) is 0 Å². The molecule has 0 aliphatic carbocycles. The average Bonchev–Trinajstić information content (AvgIpc) is 2.61. The lowest BCUT2D eigenvalue weighted by Crippen LogP contribution is -2.54. The molecule has 1 saturated heterocycles. The number of piperazine rings is 1. The van der Waals surface area contributed by atoms with E-state index in [0.29, 0.717) is 25.2 Å². The van der Waals surface area contributed by atoms with Crippen molar-refractivity contribution < 1.29 is 18.3 Å². The summed E-state index contributed by atoms with van der Waals surface area (Å²) in [5.74, 6) is 0.843. The molecule has 26 heavy (non-hydrogen) atoms. The summed E-state index contributed by atoms with van der Waals surface area (Å²) < 4.78 is 28.7. The number of anilines is 1. The van der Waals surface area contributed by atoms with Crippen LogP contribution in [0.5, 0.6) is 5.75 Å². The number of benzene rings is 1. The molecule has 1 amide bonds. The summed E-state index contributed by atoms with van der Waals surface area (Å²) in [4.78, 5) is 21.3. The maximum atomic E-state index is 12.7. The molecule has 1 aromatic heterocycles. The van der Waals surface area contributed by atoms with Gasteiger partial charge in [0.2, 0.25) is 0 Å². The number of hydrogen-bond donors (Lipinski definition) is 0. The van der Waals surface area contributed by atoms with Crippen molar-refractivity contribution in [2.45, 2.75) is 26.5 Å². The number of aromatic nitrogens is 1. The molecule has 1 aliphatic rings. The molecule has 0 radical (unpaired) electrons. The zero-order chi connectivity index (χ0) is 18.7. The third-order valence-electron chi connectivity index (χ3n) is 4.41. The normalized spacial score (nSPS) is 17.5. The number of amides is 1. The summed E-state index contributed by atoms with van der Waals surface area (Å²) in [5.41, 5.74) is 1.42. The molecule has 2 aromatic rings. The Morgan fingerprint density at radius 2 is 1.92 bits per heavy atom. The van der Waals surface area contributed by atoms with E-state index < -0.39 is 6.61 Å². The number of alkyl halides is 2. The van der Waals surface area contributed by atoms with Crippen molar-refractivity contribution in [3.05, 3.63) is 53.7 Å². The summed E-state index contributed by atoms with van der Waals surface area (Å²) in [7, 11) is 0. The van der Waals surface area contributed by atoms with Gasteiger partial charge < -0.3 is 14.5 Å². The molecule has 1 aromatic carbocycles. The van der Waals surface area contributed by atoms with Crippen molar-refractivity contribution in [3.8, 4) is 5.75 Å². The van der Waals surface area contributed by atoms with Gasteiger partial charge in [-0.2, -0.15) is 8.78 Å². The highest BCUT2D eigenvalue weighted by Gasteiger charge is 2.28. The third-order valence-corrected chi connectivity index (χ3v) is 4.41. The highest BCUT2D eigenvalue weighted by atomic mass is 19.3. The monoisotopic (exact) mass is 361 g/mol. The van der Waals surface area contributed by atoms with Crippen LogP contribution in [0.4, 0.5) is 14.6 Å². The first kappa shape index (κ1) is 18.1. The first-order valence-corrected chi connectivity index (χ1v) is 8.48. The van der Waals surface area contributed by atoms with Crippen molar-refractivity contribution in [2.75, 3.05) is 24.5 Å². The second kappa shape index (κ2) is 7.68. The van der Waals surface area contributed by atoms with Crippen molar-refractivity contribution in [2.24, 2.45) is 0 Å². The van der Waals surface area contributed by atoms with Crippen LogP contribution in [0.3, 0.4) is 0 Å². The van der Waals surface area contributed by atoms with Crippen LogP contribution in [0.25, 0.3) is 0 Å². The molecule has 1 fully saturated rings. The summed E-state index contributed by atoms with van der Waals surface area (Å²) in [6, 6.07) is 11.7. The second-order valence-electron chi connectivity index (χ2n) is 6.33. The Bertz CT molecular complexity index is 768. The van der Waals surface area contributed by atoms with Gasteiger partial charge in [-0.1, -0.05) is 6.07 Å². The van der Waals surface area contributed by atoms with Crippen LogP contribution in [0.15, 0.2) is 42.5 Å². The maximum Gasteiger partial charge on any atom is 0.387 e. The minimum Gasteiger partial charge on any atom is -0.435 e. The fraction of sp³-hybridized carbons (Fsp3) is 0.368. The van der Waals surface area contributed by atoms with Gasteiger partial charge in [-0.25, -0.2) is 4.98 Å². The Hall–Kier alpha value is -2.70. The van der Waals surface area contributed by atoms with Crippen molar-refractivity contribution in [1.82, 2.24) is 9.88 Å². The molecular formula is C19H21F2N3O2. The Labute approximate surface area is 151 Å². The maximum absolute atomic E-state index is 12.7. The average molecular weight is 361 g/mol. The lowest BCUT2D eigenvalue weighted by Gasteiger charge is -2.40. The second-order valence-corrected chi connectivity index (χ2v) is 6.33. The van der Waals surface area contributed by atoms with Crippen molar-refractivity contribution >= 4 is 11.7 Å². The van der Waals surface area contributed by atoms with Gasteiger partial charge in [-0.15, -0.1) is 0 Å². The van der Waals surface area contributed by atoms with Crippen molar-refractivity contribution in [3.63, 3.8) is 0 Å².